The number of hydrogen-bond donors (Lipinski definition) is 3. The maximum Gasteiger partial charge on any atom is 0.251 e. The molecule has 3 N–H and O–H groups in total. The number of amides is 2. The van der Waals surface area contributed by atoms with Crippen molar-refractivity contribution in [3.63, 3.8) is 0 Å². The van der Waals surface area contributed by atoms with E-state index in [1.54, 1.807) is 19.2 Å². The van der Waals surface area contributed by atoms with Gasteiger partial charge in [-0.15, -0.1) is 0 Å². The van der Waals surface area contributed by atoms with Gasteiger partial charge in [0.05, 0.1) is 38.3 Å². The molecule has 0 radical (unpaired) electrons. The molecule has 0 aliphatic carbocycles. The minimum atomic E-state index is -0.577. The first-order valence-electron chi connectivity index (χ1n) is 14.1. The molecule has 0 spiro atoms. The van der Waals surface area contributed by atoms with Crippen molar-refractivity contribution < 1.29 is 23.8 Å². The van der Waals surface area contributed by atoms with Crippen molar-refractivity contribution >= 4 is 17.8 Å². The molecule has 0 bridgehead atoms. The zero-order chi connectivity index (χ0) is 28.9. The normalized spacial score (nSPS) is 20.2. The molecule has 2 aromatic carbocycles. The third-order valence-electron chi connectivity index (χ3n) is 7.97. The van der Waals surface area contributed by atoms with E-state index in [9.17, 15) is 9.59 Å². The van der Waals surface area contributed by atoms with Crippen LogP contribution >= 0.6 is 0 Å². The second-order valence-electron chi connectivity index (χ2n) is 11.2. The summed E-state index contributed by atoms with van der Waals surface area (Å²) in [6.45, 7) is 9.01. The van der Waals surface area contributed by atoms with Gasteiger partial charge in [-0.25, -0.2) is 0 Å². The first-order chi connectivity index (χ1) is 19.1. The Kier molecular flexibility index (Phi) is 9.15. The first kappa shape index (κ1) is 29.6. The van der Waals surface area contributed by atoms with Gasteiger partial charge in [0.15, 0.2) is 5.96 Å². The van der Waals surface area contributed by atoms with Gasteiger partial charge in [0.2, 0.25) is 5.91 Å². The molecule has 1 saturated heterocycles. The molecule has 1 fully saturated rings. The van der Waals surface area contributed by atoms with Crippen LogP contribution in [0, 0.1) is 5.41 Å². The number of carbonyl (C=O) groups is 2. The molecule has 216 valence electrons. The smallest absolute Gasteiger partial charge is 0.251 e. The third kappa shape index (κ3) is 6.47. The Labute approximate surface area is 237 Å². The van der Waals surface area contributed by atoms with Crippen molar-refractivity contribution in [3.05, 3.63) is 65.2 Å². The largest absolute Gasteiger partial charge is 0.487 e. The van der Waals surface area contributed by atoms with Crippen LogP contribution in [0.4, 0.5) is 0 Å². The molecule has 0 unspecified atom stereocenters. The molecular weight excluding hydrogens is 508 g/mol. The fourth-order valence-corrected chi connectivity index (χ4v) is 5.58. The first-order valence-corrected chi connectivity index (χ1v) is 14.1. The van der Waals surface area contributed by atoms with Gasteiger partial charge in [0, 0.05) is 30.2 Å². The molecule has 40 heavy (non-hydrogen) atoms. The second kappa shape index (κ2) is 12.4. The van der Waals surface area contributed by atoms with Crippen LogP contribution in [0.25, 0.3) is 0 Å². The number of fused-ring (bicyclic) bond motifs is 1. The van der Waals surface area contributed by atoms with Crippen LogP contribution in [0.3, 0.4) is 0 Å². The molecule has 0 aromatic heterocycles. The van der Waals surface area contributed by atoms with Crippen molar-refractivity contribution in [3.8, 4) is 5.75 Å². The molecule has 2 amide bonds. The minimum absolute atomic E-state index is 0.0520. The lowest BCUT2D eigenvalue weighted by Gasteiger charge is -2.44. The molecule has 2 heterocycles. The number of para-hydroxylation sites is 1. The summed E-state index contributed by atoms with van der Waals surface area (Å²) in [4.78, 5) is 28.5. The average Bonchev–Trinajstić information content (AvgIpc) is 2.93. The fraction of sp³-hybridized carbons (Fsp3) is 0.516. The zero-order valence-electron chi connectivity index (χ0n) is 24.2. The van der Waals surface area contributed by atoms with E-state index >= 15 is 0 Å². The number of benzene rings is 2. The predicted octanol–water partition coefficient (Wildman–Crippen LogP) is 4.74. The van der Waals surface area contributed by atoms with E-state index < -0.39 is 17.2 Å². The topological polar surface area (TPSA) is 113 Å². The molecule has 9 nitrogen and oxygen atoms in total. The summed E-state index contributed by atoms with van der Waals surface area (Å²) in [6, 6.07) is 14.2. The monoisotopic (exact) mass is 550 g/mol. The van der Waals surface area contributed by atoms with Crippen LogP contribution in [0.5, 0.6) is 5.75 Å². The molecular formula is C31H42N4O5. The van der Waals surface area contributed by atoms with Crippen molar-refractivity contribution in [2.75, 3.05) is 26.9 Å². The highest BCUT2D eigenvalue weighted by molar-refractivity contribution is 6.00. The number of nitrogens with zero attached hydrogens (tertiary/aromatic N) is 1. The highest BCUT2D eigenvalue weighted by Crippen LogP contribution is 2.39. The standard InChI is InChI=1S/C31H42N4O5/c1-6-31(7-2)19-27(36)35(29(32)34-31)25(20-39-16-15-38-5)21-11-10-12-22(17-21)28(37)33-24-18-30(3,4)40-26-14-9-8-13-23(24)26/h8-14,17,24-25H,6-7,15-16,18-20H2,1-5H3,(H2,32,34)(H,33,37)/t24-,25-/m0/s1. The average molecular weight is 551 g/mol. The fourth-order valence-electron chi connectivity index (χ4n) is 5.58. The predicted molar refractivity (Wildman–Crippen MR) is 153 cm³/mol. The van der Waals surface area contributed by atoms with Crippen molar-refractivity contribution in [1.82, 2.24) is 15.5 Å². The van der Waals surface area contributed by atoms with Gasteiger partial charge in [-0.1, -0.05) is 44.2 Å². The lowest BCUT2D eigenvalue weighted by atomic mass is 9.86. The molecule has 4 rings (SSSR count). The maximum atomic E-state index is 13.5. The Balaban J connectivity index is 1.59. The summed E-state index contributed by atoms with van der Waals surface area (Å²) < 4.78 is 17.1. The quantitative estimate of drug-likeness (QED) is 0.349. The van der Waals surface area contributed by atoms with Crippen LogP contribution in [-0.2, 0) is 14.3 Å². The number of methoxy groups -OCH3 is 1. The Morgan fingerprint density at radius 1 is 1.18 bits per heavy atom. The third-order valence-corrected chi connectivity index (χ3v) is 7.97. The Morgan fingerprint density at radius 3 is 2.62 bits per heavy atom. The Bertz CT molecular complexity index is 1210. The van der Waals surface area contributed by atoms with Crippen molar-refractivity contribution in [1.29, 1.82) is 5.41 Å². The van der Waals surface area contributed by atoms with Gasteiger partial charge < -0.3 is 24.8 Å². The van der Waals surface area contributed by atoms with Crippen molar-refractivity contribution in [2.45, 2.75) is 76.6 Å². The summed E-state index contributed by atoms with van der Waals surface area (Å²) in [5.41, 5.74) is 1.29. The van der Waals surface area contributed by atoms with Gasteiger partial charge in [-0.3, -0.25) is 19.9 Å². The number of ether oxygens (including phenoxy) is 3. The maximum absolute atomic E-state index is 13.5. The summed E-state index contributed by atoms with van der Waals surface area (Å²) in [5.74, 6) is 0.475. The molecule has 2 atom stereocenters. The number of guanidine groups is 1. The van der Waals surface area contributed by atoms with Crippen molar-refractivity contribution in [2.24, 2.45) is 0 Å². The highest BCUT2D eigenvalue weighted by atomic mass is 16.5. The summed E-state index contributed by atoms with van der Waals surface area (Å²) in [6.07, 6.45) is 2.40. The number of nitrogens with one attached hydrogen (secondary N) is 3. The molecule has 0 saturated carbocycles. The zero-order valence-corrected chi connectivity index (χ0v) is 24.2. The number of carbonyl (C=O) groups excluding carboxylic acids is 2. The van der Waals surface area contributed by atoms with E-state index in [1.165, 1.54) is 4.90 Å². The minimum Gasteiger partial charge on any atom is -0.487 e. The van der Waals surface area contributed by atoms with E-state index in [1.807, 2.05) is 64.1 Å². The van der Waals surface area contributed by atoms with E-state index in [2.05, 4.69) is 10.6 Å². The second-order valence-corrected chi connectivity index (χ2v) is 11.2. The van der Waals surface area contributed by atoms with Crippen LogP contribution < -0.4 is 15.4 Å². The van der Waals surface area contributed by atoms with Gasteiger partial charge >= 0.3 is 0 Å². The van der Waals surface area contributed by atoms with E-state index in [0.29, 0.717) is 25.2 Å². The van der Waals surface area contributed by atoms with Crippen LogP contribution in [0.2, 0.25) is 0 Å². The summed E-state index contributed by atoms with van der Waals surface area (Å²) >= 11 is 0. The van der Waals surface area contributed by atoms with E-state index in [0.717, 1.165) is 29.7 Å². The van der Waals surface area contributed by atoms with Crippen LogP contribution in [0.1, 0.15) is 86.9 Å². The highest BCUT2D eigenvalue weighted by Gasteiger charge is 2.42. The summed E-state index contributed by atoms with van der Waals surface area (Å²) in [7, 11) is 1.60. The number of hydrogen-bond acceptors (Lipinski definition) is 6. The lowest BCUT2D eigenvalue weighted by molar-refractivity contribution is -0.134. The molecule has 2 aliphatic rings. The lowest BCUT2D eigenvalue weighted by Crippen LogP contribution is -2.62. The van der Waals surface area contributed by atoms with Crippen LogP contribution in [-0.4, -0.2) is 60.7 Å². The molecule has 2 aliphatic heterocycles. The SMILES string of the molecule is CCC1(CC)CC(=O)N([C@@H](COCCOC)c2cccc(C(=O)N[C@H]3CC(C)(C)Oc4ccccc43)c2)C(=N)N1. The Morgan fingerprint density at radius 2 is 1.93 bits per heavy atom. The summed E-state index contributed by atoms with van der Waals surface area (Å²) in [5, 5.41) is 15.3. The number of rotatable bonds is 11. The van der Waals surface area contributed by atoms with E-state index in [-0.39, 0.29) is 36.8 Å². The Hall–Kier alpha value is -3.43. The molecule has 2 aromatic rings. The molecule has 9 heteroatoms. The van der Waals surface area contributed by atoms with Gasteiger partial charge in [-0.2, -0.15) is 0 Å². The van der Waals surface area contributed by atoms with Crippen LogP contribution in [0.15, 0.2) is 48.5 Å². The van der Waals surface area contributed by atoms with E-state index in [4.69, 9.17) is 19.6 Å². The van der Waals surface area contributed by atoms with Gasteiger partial charge in [0.25, 0.3) is 5.91 Å². The van der Waals surface area contributed by atoms with Gasteiger partial charge in [0.1, 0.15) is 11.4 Å². The van der Waals surface area contributed by atoms with Gasteiger partial charge in [-0.05, 0) is 50.5 Å².